The fourth-order valence-corrected chi connectivity index (χ4v) is 4.65. The molecule has 2 atom stereocenters. The summed E-state index contributed by atoms with van der Waals surface area (Å²) in [5, 5.41) is 5.62. The molecule has 2 aromatic carbocycles. The van der Waals surface area contributed by atoms with E-state index in [0.717, 1.165) is 25.3 Å². The number of carbonyl (C=O) groups is 3. The second kappa shape index (κ2) is 8.88. The number of methoxy groups -OCH3 is 1. The maximum Gasteiger partial charge on any atom is 0.255 e. The highest BCUT2D eigenvalue weighted by atomic mass is 19.1. The first-order chi connectivity index (χ1) is 14.9. The lowest BCUT2D eigenvalue weighted by Gasteiger charge is -2.36. The van der Waals surface area contributed by atoms with Crippen molar-refractivity contribution in [1.82, 2.24) is 0 Å². The standard InChI is InChI=1S/C24H25FN2O4/c1-31-21-9-8-19(13-20(21)27-23(29)16-6-3-7-18(25)12-16)26-24(30)17-10-14-4-2-5-15(11-17)22(14)28/h3,6-9,12-15,17H,2,4-5,10-11H2,1H3,(H,26,30)(H,27,29). The van der Waals surface area contributed by atoms with Gasteiger partial charge in [-0.25, -0.2) is 4.39 Å². The Balaban J connectivity index is 1.47. The van der Waals surface area contributed by atoms with Gasteiger partial charge < -0.3 is 15.4 Å². The monoisotopic (exact) mass is 424 g/mol. The third kappa shape index (κ3) is 4.60. The zero-order chi connectivity index (χ0) is 22.0. The number of halogens is 1. The molecule has 4 rings (SSSR count). The molecule has 2 N–H and O–H groups in total. The van der Waals surface area contributed by atoms with E-state index < -0.39 is 11.7 Å². The molecule has 0 radical (unpaired) electrons. The number of anilines is 2. The van der Waals surface area contributed by atoms with Crippen molar-refractivity contribution in [3.8, 4) is 5.75 Å². The summed E-state index contributed by atoms with van der Waals surface area (Å²) in [4.78, 5) is 37.7. The molecule has 0 saturated heterocycles. The molecule has 0 aromatic heterocycles. The number of hydrogen-bond donors (Lipinski definition) is 2. The van der Waals surface area contributed by atoms with Crippen molar-refractivity contribution in [3.05, 3.63) is 53.8 Å². The largest absolute Gasteiger partial charge is 0.495 e. The van der Waals surface area contributed by atoms with Crippen LogP contribution in [-0.2, 0) is 9.59 Å². The number of amides is 2. The Bertz CT molecular complexity index is 1010. The van der Waals surface area contributed by atoms with Gasteiger partial charge in [-0.3, -0.25) is 14.4 Å². The van der Waals surface area contributed by atoms with Gasteiger partial charge in [-0.1, -0.05) is 12.5 Å². The van der Waals surface area contributed by atoms with Gasteiger partial charge >= 0.3 is 0 Å². The summed E-state index contributed by atoms with van der Waals surface area (Å²) in [6.07, 6.45) is 4.00. The van der Waals surface area contributed by atoms with E-state index in [9.17, 15) is 18.8 Å². The molecule has 2 unspecified atom stereocenters. The molecule has 2 aliphatic rings. The van der Waals surface area contributed by atoms with Crippen LogP contribution in [0.5, 0.6) is 5.75 Å². The third-order valence-corrected chi connectivity index (χ3v) is 6.22. The Morgan fingerprint density at radius 2 is 1.77 bits per heavy atom. The summed E-state index contributed by atoms with van der Waals surface area (Å²) in [6, 6.07) is 10.3. The average molecular weight is 424 g/mol. The number of benzene rings is 2. The van der Waals surface area contributed by atoms with Gasteiger partial charge in [-0.15, -0.1) is 0 Å². The quantitative estimate of drug-likeness (QED) is 0.744. The van der Waals surface area contributed by atoms with E-state index in [1.54, 1.807) is 18.2 Å². The maximum atomic E-state index is 13.4. The molecule has 6 nitrogen and oxygen atoms in total. The molecule has 7 heteroatoms. The highest BCUT2D eigenvalue weighted by Crippen LogP contribution is 2.40. The lowest BCUT2D eigenvalue weighted by Crippen LogP contribution is -2.40. The van der Waals surface area contributed by atoms with E-state index in [4.69, 9.17) is 4.74 Å². The molecule has 2 aromatic rings. The van der Waals surface area contributed by atoms with E-state index in [1.165, 1.54) is 25.3 Å². The first-order valence-electron chi connectivity index (χ1n) is 10.5. The van der Waals surface area contributed by atoms with Crippen LogP contribution in [0.3, 0.4) is 0 Å². The van der Waals surface area contributed by atoms with Gasteiger partial charge in [-0.05, 0) is 62.1 Å². The van der Waals surface area contributed by atoms with Gasteiger partial charge in [0.15, 0.2) is 0 Å². The number of fused-ring (bicyclic) bond motifs is 2. The van der Waals surface area contributed by atoms with Crippen LogP contribution in [0, 0.1) is 23.6 Å². The van der Waals surface area contributed by atoms with Crippen molar-refractivity contribution in [1.29, 1.82) is 0 Å². The smallest absolute Gasteiger partial charge is 0.255 e. The number of Topliss-reactive ketones (excluding diaryl/α,β-unsaturated/α-hetero) is 1. The van der Waals surface area contributed by atoms with E-state index in [0.29, 0.717) is 35.7 Å². The maximum absolute atomic E-state index is 13.4. The molecule has 0 heterocycles. The Morgan fingerprint density at radius 1 is 1.03 bits per heavy atom. The van der Waals surface area contributed by atoms with Crippen molar-refractivity contribution in [3.63, 3.8) is 0 Å². The summed E-state index contributed by atoms with van der Waals surface area (Å²) in [7, 11) is 1.48. The van der Waals surface area contributed by atoms with Crippen molar-refractivity contribution in [2.24, 2.45) is 17.8 Å². The van der Waals surface area contributed by atoms with Crippen LogP contribution in [0.1, 0.15) is 42.5 Å². The number of ketones is 1. The first-order valence-corrected chi connectivity index (χ1v) is 10.5. The minimum Gasteiger partial charge on any atom is -0.495 e. The number of carbonyl (C=O) groups excluding carboxylic acids is 3. The molecule has 0 aliphatic heterocycles. The van der Waals surface area contributed by atoms with E-state index >= 15 is 0 Å². The predicted octanol–water partition coefficient (Wildman–Crippen LogP) is 4.42. The van der Waals surface area contributed by atoms with Crippen LogP contribution < -0.4 is 15.4 Å². The second-order valence-electron chi connectivity index (χ2n) is 8.26. The molecule has 162 valence electrons. The van der Waals surface area contributed by atoms with Crippen molar-refractivity contribution in [2.75, 3.05) is 17.7 Å². The number of rotatable bonds is 5. The minimum absolute atomic E-state index is 0.000217. The summed E-state index contributed by atoms with van der Waals surface area (Å²) >= 11 is 0. The topological polar surface area (TPSA) is 84.5 Å². The van der Waals surface area contributed by atoms with Crippen LogP contribution >= 0.6 is 0 Å². The number of ether oxygens (including phenoxy) is 1. The van der Waals surface area contributed by atoms with Crippen LogP contribution in [0.4, 0.5) is 15.8 Å². The SMILES string of the molecule is COc1ccc(NC(=O)C2CC3CCCC(C2)C3=O)cc1NC(=O)c1cccc(F)c1. The molecule has 2 saturated carbocycles. The fraction of sp³-hybridized carbons (Fsp3) is 0.375. The zero-order valence-electron chi connectivity index (χ0n) is 17.3. The van der Waals surface area contributed by atoms with E-state index in [1.807, 2.05) is 0 Å². The predicted molar refractivity (Wildman–Crippen MR) is 115 cm³/mol. The molecular weight excluding hydrogens is 399 g/mol. The lowest BCUT2D eigenvalue weighted by molar-refractivity contribution is -0.136. The van der Waals surface area contributed by atoms with Gasteiger partial charge in [0, 0.05) is 29.0 Å². The minimum atomic E-state index is -0.503. The van der Waals surface area contributed by atoms with E-state index in [-0.39, 0.29) is 29.2 Å². The highest BCUT2D eigenvalue weighted by molar-refractivity contribution is 6.05. The molecular formula is C24H25FN2O4. The Morgan fingerprint density at radius 3 is 2.45 bits per heavy atom. The Kier molecular flexibility index (Phi) is 6.02. The third-order valence-electron chi connectivity index (χ3n) is 6.22. The van der Waals surface area contributed by atoms with E-state index in [2.05, 4.69) is 10.6 Å². The highest BCUT2D eigenvalue weighted by Gasteiger charge is 2.41. The van der Waals surface area contributed by atoms with Crippen LogP contribution in [0.2, 0.25) is 0 Å². The fourth-order valence-electron chi connectivity index (χ4n) is 4.65. The van der Waals surface area contributed by atoms with Crippen LogP contribution in [-0.4, -0.2) is 24.7 Å². The van der Waals surface area contributed by atoms with Crippen molar-refractivity contribution >= 4 is 29.0 Å². The Labute approximate surface area is 180 Å². The van der Waals surface area contributed by atoms with Gasteiger partial charge in [0.1, 0.15) is 17.3 Å². The van der Waals surface area contributed by atoms with Gasteiger partial charge in [0.25, 0.3) is 5.91 Å². The molecule has 2 fully saturated rings. The second-order valence-corrected chi connectivity index (χ2v) is 8.26. The van der Waals surface area contributed by atoms with Crippen LogP contribution in [0.15, 0.2) is 42.5 Å². The van der Waals surface area contributed by atoms with Gasteiger partial charge in [0.05, 0.1) is 12.8 Å². The molecule has 2 amide bonds. The van der Waals surface area contributed by atoms with Gasteiger partial charge in [-0.2, -0.15) is 0 Å². The first kappa shape index (κ1) is 21.0. The summed E-state index contributed by atoms with van der Waals surface area (Å²) in [5.41, 5.74) is 1.06. The normalized spacial score (nSPS) is 22.5. The lowest BCUT2D eigenvalue weighted by atomic mass is 9.67. The summed E-state index contributed by atoms with van der Waals surface area (Å²) in [6.45, 7) is 0. The summed E-state index contributed by atoms with van der Waals surface area (Å²) in [5.74, 6) is -0.559. The number of hydrogen-bond acceptors (Lipinski definition) is 4. The molecule has 2 bridgehead atoms. The van der Waals surface area contributed by atoms with Crippen LogP contribution in [0.25, 0.3) is 0 Å². The van der Waals surface area contributed by atoms with Gasteiger partial charge in [0.2, 0.25) is 5.91 Å². The molecule has 31 heavy (non-hydrogen) atoms. The van der Waals surface area contributed by atoms with Crippen molar-refractivity contribution < 1.29 is 23.5 Å². The molecule has 2 aliphatic carbocycles. The summed E-state index contributed by atoms with van der Waals surface area (Å²) < 4.78 is 18.7. The number of nitrogens with one attached hydrogen (secondary N) is 2. The average Bonchev–Trinajstić information content (AvgIpc) is 2.73. The Hall–Kier alpha value is -3.22. The zero-order valence-corrected chi connectivity index (χ0v) is 17.3. The molecule has 0 spiro atoms. The van der Waals surface area contributed by atoms with Crippen molar-refractivity contribution in [2.45, 2.75) is 32.1 Å².